The second-order valence-corrected chi connectivity index (χ2v) is 11.3. The Kier molecular flexibility index (Phi) is 8.63. The van der Waals surface area contributed by atoms with E-state index in [1.54, 1.807) is 0 Å². The fourth-order valence-corrected chi connectivity index (χ4v) is 6.95. The minimum Gasteiger partial charge on any atom is -0.450 e. The lowest BCUT2D eigenvalue weighted by molar-refractivity contribution is 0.148. The van der Waals surface area contributed by atoms with Crippen molar-refractivity contribution in [1.82, 2.24) is 10.6 Å². The van der Waals surface area contributed by atoms with Crippen LogP contribution in [0.25, 0.3) is 0 Å². The molecule has 0 radical (unpaired) electrons. The maximum atomic E-state index is 12.0. The number of rotatable bonds is 7. The summed E-state index contributed by atoms with van der Waals surface area (Å²) in [5.74, 6) is 1.72. The summed E-state index contributed by atoms with van der Waals surface area (Å²) < 4.78 is 5.13. The molecule has 4 heteroatoms. The first-order chi connectivity index (χ1) is 17.7. The van der Waals surface area contributed by atoms with Crippen molar-refractivity contribution < 1.29 is 9.53 Å². The molecule has 1 saturated heterocycles. The first-order valence-electron chi connectivity index (χ1n) is 14.6. The average molecular weight is 489 g/mol. The molecule has 1 amide bonds. The van der Waals surface area contributed by atoms with Crippen molar-refractivity contribution >= 4 is 6.09 Å². The molecule has 2 aromatic carbocycles. The van der Waals surface area contributed by atoms with Gasteiger partial charge >= 0.3 is 6.09 Å². The lowest BCUT2D eigenvalue weighted by atomic mass is 9.79. The minimum absolute atomic E-state index is 0.0968. The number of alkyl carbamates (subject to hydrolysis) is 1. The summed E-state index contributed by atoms with van der Waals surface area (Å²) in [5, 5.41) is 6.79. The molecule has 2 atom stereocenters. The normalized spacial score (nSPS) is 23.6. The summed E-state index contributed by atoms with van der Waals surface area (Å²) in [6.45, 7) is 3.03. The van der Waals surface area contributed by atoms with Gasteiger partial charge in [0.05, 0.1) is 6.61 Å². The molecule has 2 unspecified atom stereocenters. The number of carbonyl (C=O) groups is 1. The molecule has 0 spiro atoms. The third kappa shape index (κ3) is 6.14. The van der Waals surface area contributed by atoms with Gasteiger partial charge in [0.15, 0.2) is 0 Å². The van der Waals surface area contributed by atoms with E-state index in [9.17, 15) is 4.79 Å². The Hall–Kier alpha value is -2.33. The standard InChI is InChI=1S/C32H44N2O2/c1-2-36-32(35)34-29-21-30(33-22-29)31(27-17-13-25(14-18-27)23-9-5-3-6-10-23)28-19-15-26(16-20-28)24-11-7-4-8-12-24/h13-20,23-24,29-31,33H,2-12,21-22H2,1H3,(H,34,35). The maximum Gasteiger partial charge on any atom is 0.407 e. The summed E-state index contributed by atoms with van der Waals surface area (Å²) in [5.41, 5.74) is 5.75. The predicted octanol–water partition coefficient (Wildman–Crippen LogP) is 7.39. The number of nitrogens with one attached hydrogen (secondary N) is 2. The zero-order chi connectivity index (χ0) is 24.7. The summed E-state index contributed by atoms with van der Waals surface area (Å²) in [6, 6.07) is 19.4. The van der Waals surface area contributed by atoms with Crippen LogP contribution in [0.1, 0.15) is 118 Å². The number of benzene rings is 2. The van der Waals surface area contributed by atoms with Crippen LogP contribution in [0, 0.1) is 0 Å². The van der Waals surface area contributed by atoms with Crippen molar-refractivity contribution in [2.75, 3.05) is 13.2 Å². The van der Waals surface area contributed by atoms with E-state index >= 15 is 0 Å². The predicted molar refractivity (Wildman–Crippen MR) is 147 cm³/mol. The Balaban J connectivity index is 1.36. The Morgan fingerprint density at radius 1 is 0.833 bits per heavy atom. The molecule has 2 saturated carbocycles. The van der Waals surface area contributed by atoms with Crippen molar-refractivity contribution in [3.63, 3.8) is 0 Å². The van der Waals surface area contributed by atoms with Crippen LogP contribution < -0.4 is 10.6 Å². The first-order valence-corrected chi connectivity index (χ1v) is 14.6. The molecule has 3 fully saturated rings. The van der Waals surface area contributed by atoms with Gasteiger partial charge in [0.1, 0.15) is 0 Å². The van der Waals surface area contributed by atoms with E-state index in [1.165, 1.54) is 86.5 Å². The SMILES string of the molecule is CCOC(=O)NC1CNC(C(c2ccc(C3CCCCC3)cc2)c2ccc(C3CCCCC3)cc2)C1. The van der Waals surface area contributed by atoms with E-state index in [0.29, 0.717) is 6.61 Å². The molecule has 2 N–H and O–H groups in total. The van der Waals surface area contributed by atoms with Crippen LogP contribution in [0.3, 0.4) is 0 Å². The van der Waals surface area contributed by atoms with Crippen LogP contribution in [-0.2, 0) is 4.74 Å². The molecular weight excluding hydrogens is 444 g/mol. The molecule has 0 bridgehead atoms. The zero-order valence-electron chi connectivity index (χ0n) is 22.0. The van der Waals surface area contributed by atoms with Crippen LogP contribution >= 0.6 is 0 Å². The lowest BCUT2D eigenvalue weighted by Gasteiger charge is -2.28. The topological polar surface area (TPSA) is 50.4 Å². The van der Waals surface area contributed by atoms with E-state index in [-0.39, 0.29) is 24.1 Å². The highest BCUT2D eigenvalue weighted by Gasteiger charge is 2.33. The summed E-state index contributed by atoms with van der Waals surface area (Å²) >= 11 is 0. The lowest BCUT2D eigenvalue weighted by Crippen LogP contribution is -2.36. The largest absolute Gasteiger partial charge is 0.450 e. The van der Waals surface area contributed by atoms with Gasteiger partial charge < -0.3 is 15.4 Å². The van der Waals surface area contributed by atoms with Crippen molar-refractivity contribution in [3.05, 3.63) is 70.8 Å². The summed E-state index contributed by atoms with van der Waals surface area (Å²) in [6.07, 6.45) is 14.2. The molecule has 1 aliphatic heterocycles. The Bertz CT molecular complexity index is 897. The first kappa shape index (κ1) is 25.3. The average Bonchev–Trinajstić information content (AvgIpc) is 3.38. The van der Waals surface area contributed by atoms with Gasteiger partial charge in [-0.15, -0.1) is 0 Å². The molecule has 3 aliphatic rings. The van der Waals surface area contributed by atoms with Gasteiger partial charge in [0, 0.05) is 24.5 Å². The minimum atomic E-state index is -0.310. The van der Waals surface area contributed by atoms with E-state index in [2.05, 4.69) is 59.2 Å². The summed E-state index contributed by atoms with van der Waals surface area (Å²) in [4.78, 5) is 12.0. The van der Waals surface area contributed by atoms with Gasteiger partial charge in [0.25, 0.3) is 0 Å². The molecule has 36 heavy (non-hydrogen) atoms. The number of hydrogen-bond donors (Lipinski definition) is 2. The van der Waals surface area contributed by atoms with Crippen molar-refractivity contribution in [3.8, 4) is 0 Å². The Morgan fingerprint density at radius 3 is 1.81 bits per heavy atom. The molecule has 4 nitrogen and oxygen atoms in total. The second-order valence-electron chi connectivity index (χ2n) is 11.3. The van der Waals surface area contributed by atoms with Gasteiger partial charge in [-0.1, -0.05) is 87.1 Å². The molecule has 2 aliphatic carbocycles. The number of hydrogen-bond acceptors (Lipinski definition) is 3. The van der Waals surface area contributed by atoms with Crippen LogP contribution in [0.4, 0.5) is 4.79 Å². The van der Waals surface area contributed by atoms with E-state index in [0.717, 1.165) is 24.8 Å². The number of carbonyl (C=O) groups excluding carboxylic acids is 1. The van der Waals surface area contributed by atoms with Gasteiger partial charge in [0.2, 0.25) is 0 Å². The van der Waals surface area contributed by atoms with E-state index in [1.807, 2.05) is 6.92 Å². The zero-order valence-corrected chi connectivity index (χ0v) is 22.0. The fourth-order valence-electron chi connectivity index (χ4n) is 6.95. The monoisotopic (exact) mass is 488 g/mol. The van der Waals surface area contributed by atoms with Crippen molar-refractivity contribution in [2.45, 2.75) is 107 Å². The van der Waals surface area contributed by atoms with Gasteiger partial charge in [-0.2, -0.15) is 0 Å². The van der Waals surface area contributed by atoms with E-state index in [4.69, 9.17) is 4.74 Å². The Morgan fingerprint density at radius 2 is 1.33 bits per heavy atom. The highest BCUT2D eigenvalue weighted by atomic mass is 16.5. The number of amides is 1. The fraction of sp³-hybridized carbons (Fsp3) is 0.594. The highest BCUT2D eigenvalue weighted by Crippen LogP contribution is 2.38. The molecule has 194 valence electrons. The van der Waals surface area contributed by atoms with Gasteiger partial charge in [-0.3, -0.25) is 0 Å². The maximum absolute atomic E-state index is 12.0. The van der Waals surface area contributed by atoms with Gasteiger partial charge in [-0.25, -0.2) is 4.79 Å². The van der Waals surface area contributed by atoms with E-state index < -0.39 is 0 Å². The smallest absolute Gasteiger partial charge is 0.407 e. The quantitative estimate of drug-likeness (QED) is 0.427. The third-order valence-corrected chi connectivity index (χ3v) is 8.91. The van der Waals surface area contributed by atoms with Gasteiger partial charge in [-0.05, 0) is 73.1 Å². The van der Waals surface area contributed by atoms with Crippen molar-refractivity contribution in [1.29, 1.82) is 0 Å². The molecule has 0 aromatic heterocycles. The van der Waals surface area contributed by atoms with Crippen molar-refractivity contribution in [2.24, 2.45) is 0 Å². The Labute approximate surface area is 217 Å². The third-order valence-electron chi connectivity index (χ3n) is 8.91. The molecule has 2 aromatic rings. The van der Waals surface area contributed by atoms with Crippen LogP contribution in [0.15, 0.2) is 48.5 Å². The summed E-state index contributed by atoms with van der Waals surface area (Å²) in [7, 11) is 0. The van der Waals surface area contributed by atoms with Crippen LogP contribution in [0.2, 0.25) is 0 Å². The second kappa shape index (κ2) is 12.3. The molecule has 1 heterocycles. The number of ether oxygens (including phenoxy) is 1. The molecular formula is C32H44N2O2. The van der Waals surface area contributed by atoms with Crippen LogP contribution in [0.5, 0.6) is 0 Å². The van der Waals surface area contributed by atoms with Crippen LogP contribution in [-0.4, -0.2) is 31.3 Å². The molecule has 5 rings (SSSR count). The highest BCUT2D eigenvalue weighted by molar-refractivity contribution is 5.67.